The van der Waals surface area contributed by atoms with Crippen LogP contribution in [0.4, 0.5) is 0 Å². The first-order valence-corrected chi connectivity index (χ1v) is 9.96. The van der Waals surface area contributed by atoms with Crippen molar-refractivity contribution in [1.82, 2.24) is 15.6 Å². The highest BCUT2D eigenvalue weighted by atomic mass is 16.5. The lowest BCUT2D eigenvalue weighted by Gasteiger charge is -2.14. The number of fused-ring (bicyclic) bond motifs is 2. The van der Waals surface area contributed by atoms with E-state index in [1.54, 1.807) is 13.1 Å². The predicted molar refractivity (Wildman–Crippen MR) is 111 cm³/mol. The lowest BCUT2D eigenvalue weighted by molar-refractivity contribution is 0.0949. The first-order chi connectivity index (χ1) is 14.1. The lowest BCUT2D eigenvalue weighted by Crippen LogP contribution is -2.27. The van der Waals surface area contributed by atoms with Crippen molar-refractivity contribution in [3.8, 4) is 5.75 Å². The minimum absolute atomic E-state index is 0.0412. The van der Waals surface area contributed by atoms with Crippen LogP contribution in [0, 0.1) is 5.92 Å². The molecule has 0 saturated heterocycles. The van der Waals surface area contributed by atoms with Gasteiger partial charge in [0.2, 0.25) is 0 Å². The zero-order valence-corrected chi connectivity index (χ0v) is 16.4. The smallest absolute Gasteiger partial charge is 0.254 e. The molecule has 1 saturated carbocycles. The average molecular weight is 389 g/mol. The minimum Gasteiger partial charge on any atom is -0.491 e. The van der Waals surface area contributed by atoms with E-state index in [1.165, 1.54) is 0 Å². The van der Waals surface area contributed by atoms with Crippen LogP contribution in [0.15, 0.2) is 42.6 Å². The molecule has 5 rings (SSSR count). The van der Waals surface area contributed by atoms with Gasteiger partial charge < -0.3 is 20.4 Å². The zero-order valence-electron chi connectivity index (χ0n) is 16.4. The monoisotopic (exact) mass is 389 g/mol. The van der Waals surface area contributed by atoms with Gasteiger partial charge in [0.1, 0.15) is 5.75 Å². The van der Waals surface area contributed by atoms with Crippen LogP contribution in [-0.4, -0.2) is 36.5 Å². The first-order valence-electron chi connectivity index (χ1n) is 9.96. The molecule has 1 aromatic heterocycles. The highest BCUT2D eigenvalue weighted by Gasteiger charge is 2.36. The van der Waals surface area contributed by atoms with Gasteiger partial charge in [-0.05, 0) is 42.2 Å². The number of aromatic amines is 1. The van der Waals surface area contributed by atoms with Crippen LogP contribution in [0.1, 0.15) is 51.1 Å². The average Bonchev–Trinajstić information content (AvgIpc) is 3.14. The Morgan fingerprint density at radius 2 is 1.97 bits per heavy atom. The van der Waals surface area contributed by atoms with Crippen molar-refractivity contribution in [2.24, 2.45) is 5.92 Å². The Kier molecular flexibility index (Phi) is 4.08. The molecule has 0 spiro atoms. The van der Waals surface area contributed by atoms with Crippen molar-refractivity contribution >= 4 is 22.7 Å². The highest BCUT2D eigenvalue weighted by molar-refractivity contribution is 6.02. The maximum atomic E-state index is 12.8. The highest BCUT2D eigenvalue weighted by Crippen LogP contribution is 2.43. The van der Waals surface area contributed by atoms with Gasteiger partial charge >= 0.3 is 0 Å². The second-order valence-electron chi connectivity index (χ2n) is 7.96. The Labute approximate surface area is 168 Å². The molecule has 29 heavy (non-hydrogen) atoms. The van der Waals surface area contributed by atoms with Gasteiger partial charge in [0.25, 0.3) is 11.8 Å². The van der Waals surface area contributed by atoms with E-state index in [4.69, 9.17) is 4.74 Å². The summed E-state index contributed by atoms with van der Waals surface area (Å²) in [6.07, 6.45) is 2.92. The molecule has 6 nitrogen and oxygen atoms in total. The molecule has 2 aromatic carbocycles. The molecule has 1 aliphatic carbocycles. The van der Waals surface area contributed by atoms with Gasteiger partial charge in [0, 0.05) is 47.2 Å². The molecular weight excluding hydrogens is 366 g/mol. The fraction of sp³-hybridized carbons (Fsp3) is 0.304. The maximum Gasteiger partial charge on any atom is 0.254 e. The minimum atomic E-state index is -0.254. The summed E-state index contributed by atoms with van der Waals surface area (Å²) in [5.41, 5.74) is 3.97. The van der Waals surface area contributed by atoms with E-state index in [-0.39, 0.29) is 23.8 Å². The summed E-state index contributed by atoms with van der Waals surface area (Å²) >= 11 is 0. The standard InChI is InChI=1S/C23H23N3O3/c1-12-8-20(12)26-22(27)13-9-16-18(11-29-21(16)17(10-13)23(28)24-2)14-4-3-5-19-15(14)6-7-25-19/h3-7,9-10,12,18,20,25H,8,11H2,1-2H3,(H,24,28)(H,26,27)/t12-,18?,20-/m0/s1. The third-order valence-corrected chi connectivity index (χ3v) is 6.05. The van der Waals surface area contributed by atoms with Gasteiger partial charge in [-0.3, -0.25) is 9.59 Å². The number of amides is 2. The predicted octanol–water partition coefficient (Wildman–Crippen LogP) is 3.19. The number of benzene rings is 2. The van der Waals surface area contributed by atoms with E-state index < -0.39 is 0 Å². The van der Waals surface area contributed by atoms with E-state index in [1.807, 2.05) is 30.5 Å². The van der Waals surface area contributed by atoms with E-state index in [2.05, 4.69) is 28.6 Å². The summed E-state index contributed by atoms with van der Waals surface area (Å²) in [5, 5.41) is 6.84. The van der Waals surface area contributed by atoms with Gasteiger partial charge in [-0.1, -0.05) is 19.1 Å². The fourth-order valence-electron chi connectivity index (χ4n) is 4.21. The number of aromatic nitrogens is 1. The number of hydrogen-bond acceptors (Lipinski definition) is 3. The largest absolute Gasteiger partial charge is 0.491 e. The number of nitrogens with one attached hydrogen (secondary N) is 3. The molecule has 2 amide bonds. The second-order valence-corrected chi connectivity index (χ2v) is 7.96. The number of carbonyl (C=O) groups excluding carboxylic acids is 2. The molecule has 3 atom stereocenters. The second kappa shape index (κ2) is 6.65. The number of hydrogen-bond donors (Lipinski definition) is 3. The van der Waals surface area contributed by atoms with Crippen molar-refractivity contribution in [2.45, 2.75) is 25.3 Å². The Bertz CT molecular complexity index is 1130. The molecule has 3 N–H and O–H groups in total. The molecule has 1 fully saturated rings. The number of rotatable bonds is 4. The van der Waals surface area contributed by atoms with Crippen LogP contribution >= 0.6 is 0 Å². The van der Waals surface area contributed by atoms with Gasteiger partial charge in [-0.25, -0.2) is 0 Å². The van der Waals surface area contributed by atoms with Crippen LogP contribution < -0.4 is 15.4 Å². The fourth-order valence-corrected chi connectivity index (χ4v) is 4.21. The van der Waals surface area contributed by atoms with Crippen LogP contribution in [0.3, 0.4) is 0 Å². The van der Waals surface area contributed by atoms with Crippen molar-refractivity contribution in [3.63, 3.8) is 0 Å². The summed E-state index contributed by atoms with van der Waals surface area (Å²) in [6, 6.07) is 11.9. The molecule has 0 bridgehead atoms. The summed E-state index contributed by atoms with van der Waals surface area (Å²) in [5.74, 6) is 0.641. The third-order valence-electron chi connectivity index (χ3n) is 6.05. The molecule has 3 aromatic rings. The maximum absolute atomic E-state index is 12.8. The molecule has 2 aliphatic rings. The van der Waals surface area contributed by atoms with Gasteiger partial charge in [0.15, 0.2) is 0 Å². The Morgan fingerprint density at radius 3 is 2.72 bits per heavy atom. The molecule has 2 heterocycles. The first kappa shape index (κ1) is 17.8. The summed E-state index contributed by atoms with van der Waals surface area (Å²) in [6.45, 7) is 2.55. The molecule has 148 valence electrons. The molecule has 1 aliphatic heterocycles. The van der Waals surface area contributed by atoms with Crippen molar-refractivity contribution in [2.75, 3.05) is 13.7 Å². The Hall–Kier alpha value is -3.28. The van der Waals surface area contributed by atoms with E-state index in [9.17, 15) is 9.59 Å². The quantitative estimate of drug-likeness (QED) is 0.641. The molecular formula is C23H23N3O3. The third kappa shape index (κ3) is 2.95. The Balaban J connectivity index is 1.61. The number of carbonyl (C=O) groups is 2. The van der Waals surface area contributed by atoms with Crippen LogP contribution in [0.25, 0.3) is 10.9 Å². The van der Waals surface area contributed by atoms with Crippen molar-refractivity contribution in [3.05, 3.63) is 64.8 Å². The van der Waals surface area contributed by atoms with Crippen molar-refractivity contribution in [1.29, 1.82) is 0 Å². The normalized spacial score (nSPS) is 22.1. The van der Waals surface area contributed by atoms with Gasteiger partial charge in [-0.2, -0.15) is 0 Å². The van der Waals surface area contributed by atoms with Gasteiger partial charge in [0.05, 0.1) is 12.2 Å². The zero-order chi connectivity index (χ0) is 20.1. The van der Waals surface area contributed by atoms with Crippen LogP contribution in [0.2, 0.25) is 0 Å². The summed E-state index contributed by atoms with van der Waals surface area (Å²) in [4.78, 5) is 28.6. The van der Waals surface area contributed by atoms with Crippen LogP contribution in [0.5, 0.6) is 5.75 Å². The van der Waals surface area contributed by atoms with Crippen molar-refractivity contribution < 1.29 is 14.3 Å². The van der Waals surface area contributed by atoms with E-state index >= 15 is 0 Å². The molecule has 6 heteroatoms. The van der Waals surface area contributed by atoms with E-state index in [0.29, 0.717) is 29.4 Å². The molecule has 1 unspecified atom stereocenters. The number of H-pyrrole nitrogens is 1. The summed E-state index contributed by atoms with van der Waals surface area (Å²) in [7, 11) is 1.58. The van der Waals surface area contributed by atoms with Gasteiger partial charge in [-0.15, -0.1) is 0 Å². The molecule has 0 radical (unpaired) electrons. The Morgan fingerprint density at radius 1 is 1.14 bits per heavy atom. The topological polar surface area (TPSA) is 83.2 Å². The van der Waals surface area contributed by atoms with E-state index in [0.717, 1.165) is 28.5 Å². The summed E-state index contributed by atoms with van der Waals surface area (Å²) < 4.78 is 5.99. The SMILES string of the molecule is CNC(=O)c1cc(C(=O)N[C@H]2C[C@@H]2C)cc2c1OCC2c1cccc2[nH]ccc12. The lowest BCUT2D eigenvalue weighted by atomic mass is 9.88. The van der Waals surface area contributed by atoms with Crippen LogP contribution in [-0.2, 0) is 0 Å². The number of ether oxygens (including phenoxy) is 1.